The highest BCUT2D eigenvalue weighted by Crippen LogP contribution is 2.09. The number of hydrogen-bond acceptors (Lipinski definition) is 1. The minimum Gasteiger partial charge on any atom is -0.478 e. The molecule has 0 saturated heterocycles. The van der Waals surface area contributed by atoms with E-state index in [0.717, 1.165) is 18.4 Å². The van der Waals surface area contributed by atoms with E-state index in [2.05, 4.69) is 0 Å². The highest BCUT2D eigenvalue weighted by atomic mass is 16.4. The van der Waals surface area contributed by atoms with Crippen molar-refractivity contribution < 1.29 is 9.90 Å². The second-order valence-electron chi connectivity index (χ2n) is 2.46. The lowest BCUT2D eigenvalue weighted by molar-refractivity contribution is -0.132. The van der Waals surface area contributed by atoms with Gasteiger partial charge in [0, 0.05) is 5.57 Å². The average Bonchev–Trinajstić information content (AvgIpc) is 1.87. The molecule has 0 bridgehead atoms. The van der Waals surface area contributed by atoms with E-state index in [-0.39, 0.29) is 0 Å². The summed E-state index contributed by atoms with van der Waals surface area (Å²) in [4.78, 5) is 10.4. The zero-order chi connectivity index (χ0) is 8.15. The third kappa shape index (κ3) is 2.67. The van der Waals surface area contributed by atoms with Gasteiger partial charge < -0.3 is 5.11 Å². The molecule has 0 amide bonds. The van der Waals surface area contributed by atoms with Crippen LogP contribution in [-0.2, 0) is 4.79 Å². The van der Waals surface area contributed by atoms with Crippen LogP contribution >= 0.6 is 0 Å². The molecule has 10 heavy (non-hydrogen) atoms. The lowest BCUT2D eigenvalue weighted by Crippen LogP contribution is -1.99. The summed E-state index contributed by atoms with van der Waals surface area (Å²) < 4.78 is 0. The average molecular weight is 142 g/mol. The van der Waals surface area contributed by atoms with Crippen molar-refractivity contribution in [2.45, 2.75) is 33.6 Å². The summed E-state index contributed by atoms with van der Waals surface area (Å²) >= 11 is 0. The zero-order valence-electron chi connectivity index (χ0n) is 6.77. The molecule has 0 radical (unpaired) electrons. The van der Waals surface area contributed by atoms with Crippen LogP contribution in [0.15, 0.2) is 11.1 Å². The zero-order valence-corrected chi connectivity index (χ0v) is 6.77. The van der Waals surface area contributed by atoms with Gasteiger partial charge in [-0.2, -0.15) is 0 Å². The van der Waals surface area contributed by atoms with Gasteiger partial charge in [-0.1, -0.05) is 18.9 Å². The van der Waals surface area contributed by atoms with Gasteiger partial charge in [-0.05, 0) is 20.3 Å². The molecule has 2 heteroatoms. The molecule has 2 nitrogen and oxygen atoms in total. The van der Waals surface area contributed by atoms with E-state index >= 15 is 0 Å². The molecule has 0 spiro atoms. The van der Waals surface area contributed by atoms with Gasteiger partial charge in [0.1, 0.15) is 0 Å². The van der Waals surface area contributed by atoms with Gasteiger partial charge in [-0.25, -0.2) is 4.79 Å². The Bertz CT molecular complexity index is 157. The van der Waals surface area contributed by atoms with Gasteiger partial charge in [0.05, 0.1) is 0 Å². The Labute approximate surface area is 61.6 Å². The fourth-order valence-corrected chi connectivity index (χ4v) is 0.745. The normalized spacial score (nSPS) is 12.7. The first-order valence-electron chi connectivity index (χ1n) is 3.49. The summed E-state index contributed by atoms with van der Waals surface area (Å²) in [5.41, 5.74) is 1.47. The van der Waals surface area contributed by atoms with Crippen molar-refractivity contribution in [2.24, 2.45) is 0 Å². The van der Waals surface area contributed by atoms with Crippen LogP contribution in [0.4, 0.5) is 0 Å². The molecule has 1 N–H and O–H groups in total. The summed E-state index contributed by atoms with van der Waals surface area (Å²) in [5.74, 6) is -0.800. The van der Waals surface area contributed by atoms with Gasteiger partial charge >= 0.3 is 5.97 Å². The van der Waals surface area contributed by atoms with Crippen molar-refractivity contribution in [1.29, 1.82) is 0 Å². The first kappa shape index (κ1) is 9.21. The van der Waals surface area contributed by atoms with Crippen LogP contribution in [0, 0.1) is 0 Å². The minimum atomic E-state index is -0.800. The molecule has 0 aromatic carbocycles. The van der Waals surface area contributed by atoms with E-state index in [4.69, 9.17) is 5.11 Å². The molecule has 0 fully saturated rings. The molecule has 0 aliphatic heterocycles. The van der Waals surface area contributed by atoms with Crippen LogP contribution in [0.25, 0.3) is 0 Å². The standard InChI is InChI=1S/C8H14O2/c1-4-5-6(2)7(3)8(9)10/h4-5H2,1-3H3,(H,9,10). The van der Waals surface area contributed by atoms with E-state index in [1.54, 1.807) is 6.92 Å². The molecular weight excluding hydrogens is 128 g/mol. The Morgan fingerprint density at radius 3 is 2.20 bits per heavy atom. The van der Waals surface area contributed by atoms with Crippen molar-refractivity contribution in [1.82, 2.24) is 0 Å². The third-order valence-corrected chi connectivity index (χ3v) is 1.59. The van der Waals surface area contributed by atoms with E-state index in [1.807, 2.05) is 13.8 Å². The monoisotopic (exact) mass is 142 g/mol. The second kappa shape index (κ2) is 4.09. The molecule has 0 unspecified atom stereocenters. The maximum Gasteiger partial charge on any atom is 0.331 e. The Morgan fingerprint density at radius 1 is 1.40 bits per heavy atom. The number of rotatable bonds is 3. The van der Waals surface area contributed by atoms with Crippen LogP contribution in [0.1, 0.15) is 33.6 Å². The molecule has 0 aliphatic rings. The Kier molecular flexibility index (Phi) is 3.77. The van der Waals surface area contributed by atoms with Crippen LogP contribution in [-0.4, -0.2) is 11.1 Å². The summed E-state index contributed by atoms with van der Waals surface area (Å²) in [5, 5.41) is 8.52. The van der Waals surface area contributed by atoms with Crippen LogP contribution in [0.3, 0.4) is 0 Å². The summed E-state index contributed by atoms with van der Waals surface area (Å²) in [6, 6.07) is 0. The van der Waals surface area contributed by atoms with E-state index < -0.39 is 5.97 Å². The van der Waals surface area contributed by atoms with Crippen molar-refractivity contribution in [3.8, 4) is 0 Å². The summed E-state index contributed by atoms with van der Waals surface area (Å²) in [6.45, 7) is 5.55. The predicted octanol–water partition coefficient (Wildman–Crippen LogP) is 2.21. The maximum atomic E-state index is 10.4. The second-order valence-corrected chi connectivity index (χ2v) is 2.46. The van der Waals surface area contributed by atoms with E-state index in [0.29, 0.717) is 5.57 Å². The SMILES string of the molecule is CCCC(C)=C(C)C(=O)O. The first-order valence-corrected chi connectivity index (χ1v) is 3.49. The van der Waals surface area contributed by atoms with Crippen molar-refractivity contribution in [3.05, 3.63) is 11.1 Å². The highest BCUT2D eigenvalue weighted by molar-refractivity contribution is 5.86. The number of aliphatic carboxylic acids is 1. The topological polar surface area (TPSA) is 37.3 Å². The largest absolute Gasteiger partial charge is 0.478 e. The Balaban J connectivity index is 4.19. The van der Waals surface area contributed by atoms with Crippen LogP contribution in [0.2, 0.25) is 0 Å². The molecule has 0 heterocycles. The van der Waals surface area contributed by atoms with Crippen molar-refractivity contribution in [2.75, 3.05) is 0 Å². The number of hydrogen-bond donors (Lipinski definition) is 1. The quantitative estimate of drug-likeness (QED) is 0.613. The molecule has 58 valence electrons. The number of allylic oxidation sites excluding steroid dienone is 1. The summed E-state index contributed by atoms with van der Waals surface area (Å²) in [6.07, 6.45) is 1.90. The molecule has 0 aliphatic carbocycles. The first-order chi connectivity index (χ1) is 4.59. The molecule has 0 rings (SSSR count). The fourth-order valence-electron chi connectivity index (χ4n) is 0.745. The van der Waals surface area contributed by atoms with Gasteiger partial charge in [0.2, 0.25) is 0 Å². The van der Waals surface area contributed by atoms with Gasteiger partial charge in [-0.3, -0.25) is 0 Å². The van der Waals surface area contributed by atoms with Gasteiger partial charge in [0.15, 0.2) is 0 Å². The van der Waals surface area contributed by atoms with Crippen molar-refractivity contribution in [3.63, 3.8) is 0 Å². The number of carbonyl (C=O) groups is 1. The third-order valence-electron chi connectivity index (χ3n) is 1.59. The number of carboxylic acids is 1. The Hall–Kier alpha value is -0.790. The fraction of sp³-hybridized carbons (Fsp3) is 0.625. The lowest BCUT2D eigenvalue weighted by Gasteiger charge is -1.99. The lowest BCUT2D eigenvalue weighted by atomic mass is 10.1. The van der Waals surface area contributed by atoms with Gasteiger partial charge in [-0.15, -0.1) is 0 Å². The van der Waals surface area contributed by atoms with Crippen LogP contribution < -0.4 is 0 Å². The predicted molar refractivity (Wildman–Crippen MR) is 40.9 cm³/mol. The maximum absolute atomic E-state index is 10.4. The minimum absolute atomic E-state index is 0.488. The molecule has 0 saturated carbocycles. The molecule has 0 atom stereocenters. The molecule has 0 aromatic heterocycles. The number of carboxylic acid groups (broad SMARTS) is 1. The highest BCUT2D eigenvalue weighted by Gasteiger charge is 2.02. The van der Waals surface area contributed by atoms with E-state index in [1.165, 1.54) is 0 Å². The summed E-state index contributed by atoms with van der Waals surface area (Å²) in [7, 11) is 0. The van der Waals surface area contributed by atoms with Crippen LogP contribution in [0.5, 0.6) is 0 Å². The van der Waals surface area contributed by atoms with E-state index in [9.17, 15) is 4.79 Å². The van der Waals surface area contributed by atoms with Crippen molar-refractivity contribution >= 4 is 5.97 Å². The smallest absolute Gasteiger partial charge is 0.331 e. The Morgan fingerprint density at radius 2 is 1.90 bits per heavy atom. The van der Waals surface area contributed by atoms with Gasteiger partial charge in [0.25, 0.3) is 0 Å². The molecule has 0 aromatic rings. The molecular formula is C8H14O2.